The van der Waals surface area contributed by atoms with Crippen LogP contribution in [0.25, 0.3) is 11.4 Å². The molecule has 0 N–H and O–H groups in total. The van der Waals surface area contributed by atoms with Crippen molar-refractivity contribution in [1.82, 2.24) is 19.9 Å². The summed E-state index contributed by atoms with van der Waals surface area (Å²) in [4.78, 5) is 27.0. The molecule has 1 saturated heterocycles. The molecule has 1 spiro atoms. The highest BCUT2D eigenvalue weighted by Gasteiger charge is 2.53. The smallest absolute Gasteiger partial charge is 0.275 e. The molecule has 2 aliphatic rings. The minimum absolute atomic E-state index is 0.166. The molecule has 0 radical (unpaired) electrons. The van der Waals surface area contributed by atoms with Crippen molar-refractivity contribution in [2.75, 3.05) is 13.1 Å². The molecule has 3 aromatic rings. The third kappa shape index (κ3) is 2.50. The zero-order chi connectivity index (χ0) is 18.4. The van der Waals surface area contributed by atoms with Crippen LogP contribution in [-0.4, -0.2) is 38.8 Å². The Labute approximate surface area is 154 Å². The van der Waals surface area contributed by atoms with Crippen LogP contribution in [0, 0.1) is 5.82 Å². The van der Waals surface area contributed by atoms with Crippen LogP contribution in [0.1, 0.15) is 21.7 Å². The Morgan fingerprint density at radius 1 is 1.11 bits per heavy atom. The van der Waals surface area contributed by atoms with Crippen LogP contribution < -0.4 is 0 Å². The van der Waals surface area contributed by atoms with Gasteiger partial charge in [-0.1, -0.05) is 30.3 Å². The third-order valence-electron chi connectivity index (χ3n) is 5.02. The maximum atomic E-state index is 13.8. The molecule has 5 rings (SSSR count). The maximum Gasteiger partial charge on any atom is 0.275 e. The number of aromatic nitrogens is 3. The lowest BCUT2D eigenvalue weighted by Gasteiger charge is -2.46. The minimum atomic E-state index is -0.618. The number of fused-ring (bicyclic) bond motifs is 2. The summed E-state index contributed by atoms with van der Waals surface area (Å²) in [7, 11) is 0. The van der Waals surface area contributed by atoms with Crippen LogP contribution in [0.5, 0.6) is 0 Å². The van der Waals surface area contributed by atoms with E-state index in [0.29, 0.717) is 25.5 Å². The van der Waals surface area contributed by atoms with Gasteiger partial charge < -0.3 is 9.64 Å². The van der Waals surface area contributed by atoms with Crippen molar-refractivity contribution < 1.29 is 13.9 Å². The van der Waals surface area contributed by atoms with Gasteiger partial charge in [-0.05, 0) is 12.1 Å². The van der Waals surface area contributed by atoms with Gasteiger partial charge in [0.25, 0.3) is 5.91 Å². The SMILES string of the molecule is O=C(c1ncccc1F)N1CC2(C1)OCc1nc(-c3ccccc3)ncc12. The molecule has 0 atom stereocenters. The first-order valence-corrected chi connectivity index (χ1v) is 8.62. The third-order valence-corrected chi connectivity index (χ3v) is 5.02. The molecule has 0 unspecified atom stereocenters. The predicted molar refractivity (Wildman–Crippen MR) is 94.0 cm³/mol. The van der Waals surface area contributed by atoms with E-state index in [9.17, 15) is 9.18 Å². The van der Waals surface area contributed by atoms with Crippen LogP contribution in [0.2, 0.25) is 0 Å². The summed E-state index contributed by atoms with van der Waals surface area (Å²) in [6, 6.07) is 12.4. The number of nitrogens with zero attached hydrogens (tertiary/aromatic N) is 4. The highest BCUT2D eigenvalue weighted by atomic mass is 19.1. The molecule has 4 heterocycles. The van der Waals surface area contributed by atoms with E-state index in [4.69, 9.17) is 4.74 Å². The van der Waals surface area contributed by atoms with E-state index in [0.717, 1.165) is 16.8 Å². The van der Waals surface area contributed by atoms with Crippen molar-refractivity contribution in [1.29, 1.82) is 0 Å². The van der Waals surface area contributed by atoms with Crippen LogP contribution in [0.15, 0.2) is 54.9 Å². The summed E-state index contributed by atoms with van der Waals surface area (Å²) in [5.74, 6) is -0.401. The van der Waals surface area contributed by atoms with Crippen LogP contribution in [0.3, 0.4) is 0 Å². The fourth-order valence-electron chi connectivity index (χ4n) is 3.59. The summed E-state index contributed by atoms with van der Waals surface area (Å²) in [5.41, 5.74) is 1.90. The number of ether oxygens (including phenoxy) is 1. The van der Waals surface area contributed by atoms with Crippen molar-refractivity contribution in [3.8, 4) is 11.4 Å². The van der Waals surface area contributed by atoms with Crippen LogP contribution in [0.4, 0.5) is 4.39 Å². The van der Waals surface area contributed by atoms with Crippen molar-refractivity contribution >= 4 is 5.91 Å². The number of halogens is 1. The van der Waals surface area contributed by atoms with Crippen molar-refractivity contribution in [2.24, 2.45) is 0 Å². The van der Waals surface area contributed by atoms with Crippen LogP contribution in [-0.2, 0) is 16.9 Å². The Kier molecular flexibility index (Phi) is 3.51. The average Bonchev–Trinajstić information content (AvgIpc) is 3.06. The lowest BCUT2D eigenvalue weighted by atomic mass is 9.87. The second-order valence-corrected chi connectivity index (χ2v) is 6.70. The standard InChI is InChI=1S/C20H15FN4O2/c21-15-7-4-8-22-17(15)19(26)25-11-20(12-25)14-9-23-18(24-16(14)10-27-20)13-5-2-1-3-6-13/h1-9H,10-12H2. The van der Waals surface area contributed by atoms with E-state index < -0.39 is 17.3 Å². The number of likely N-dealkylation sites (tertiary alicyclic amines) is 1. The van der Waals surface area contributed by atoms with E-state index in [-0.39, 0.29) is 5.69 Å². The summed E-state index contributed by atoms with van der Waals surface area (Å²) in [6.45, 7) is 1.05. The molecule has 0 bridgehead atoms. The number of hydrogen-bond donors (Lipinski definition) is 0. The molecule has 27 heavy (non-hydrogen) atoms. The molecule has 1 aromatic carbocycles. The first kappa shape index (κ1) is 16.0. The summed E-state index contributed by atoms with van der Waals surface area (Å²) >= 11 is 0. The molecular formula is C20H15FN4O2. The largest absolute Gasteiger partial charge is 0.360 e. The molecule has 2 aliphatic heterocycles. The second kappa shape index (κ2) is 5.92. The topological polar surface area (TPSA) is 68.2 Å². The van der Waals surface area contributed by atoms with E-state index in [1.165, 1.54) is 23.2 Å². The Balaban J connectivity index is 1.38. The Morgan fingerprint density at radius 3 is 2.70 bits per heavy atom. The monoisotopic (exact) mass is 362 g/mol. The zero-order valence-corrected chi connectivity index (χ0v) is 14.3. The molecule has 6 nitrogen and oxygen atoms in total. The number of carbonyl (C=O) groups is 1. The molecule has 0 saturated carbocycles. The fraction of sp³-hybridized carbons (Fsp3) is 0.200. The molecule has 1 amide bonds. The van der Waals surface area contributed by atoms with E-state index in [1.54, 1.807) is 6.20 Å². The Bertz CT molecular complexity index is 1040. The molecular weight excluding hydrogens is 347 g/mol. The number of carbonyl (C=O) groups excluding carboxylic acids is 1. The normalized spacial score (nSPS) is 16.9. The molecule has 1 fully saturated rings. The van der Waals surface area contributed by atoms with Gasteiger partial charge in [-0.3, -0.25) is 4.79 Å². The number of rotatable bonds is 2. The van der Waals surface area contributed by atoms with Crippen molar-refractivity contribution in [3.05, 3.63) is 77.6 Å². The van der Waals surface area contributed by atoms with Gasteiger partial charge in [-0.2, -0.15) is 0 Å². The lowest BCUT2D eigenvalue weighted by Crippen LogP contribution is -2.61. The fourth-order valence-corrected chi connectivity index (χ4v) is 3.59. The van der Waals surface area contributed by atoms with Gasteiger partial charge >= 0.3 is 0 Å². The quantitative estimate of drug-likeness (QED) is 0.701. The summed E-state index contributed by atoms with van der Waals surface area (Å²) in [5, 5.41) is 0. The highest BCUT2D eigenvalue weighted by Crippen LogP contribution is 2.43. The van der Waals surface area contributed by atoms with E-state index in [2.05, 4.69) is 15.0 Å². The molecule has 7 heteroatoms. The van der Waals surface area contributed by atoms with Crippen molar-refractivity contribution in [2.45, 2.75) is 12.2 Å². The molecule has 134 valence electrons. The molecule has 2 aromatic heterocycles. The second-order valence-electron chi connectivity index (χ2n) is 6.70. The Hall–Kier alpha value is -3.19. The summed E-state index contributed by atoms with van der Waals surface area (Å²) < 4.78 is 19.8. The van der Waals surface area contributed by atoms with Gasteiger partial charge in [0.05, 0.1) is 25.4 Å². The van der Waals surface area contributed by atoms with Gasteiger partial charge in [-0.15, -0.1) is 0 Å². The van der Waals surface area contributed by atoms with Crippen LogP contribution >= 0.6 is 0 Å². The molecule has 0 aliphatic carbocycles. The zero-order valence-electron chi connectivity index (χ0n) is 14.3. The lowest BCUT2D eigenvalue weighted by molar-refractivity contribution is -0.126. The van der Waals surface area contributed by atoms with Gasteiger partial charge in [0, 0.05) is 23.5 Å². The van der Waals surface area contributed by atoms with E-state index >= 15 is 0 Å². The number of pyridine rings is 1. The predicted octanol–water partition coefficient (Wildman–Crippen LogP) is 2.56. The van der Waals surface area contributed by atoms with Crippen molar-refractivity contribution in [3.63, 3.8) is 0 Å². The van der Waals surface area contributed by atoms with Gasteiger partial charge in [0.1, 0.15) is 5.60 Å². The Morgan fingerprint density at radius 2 is 1.93 bits per heavy atom. The first-order valence-electron chi connectivity index (χ1n) is 8.62. The minimum Gasteiger partial charge on any atom is -0.360 e. The van der Waals surface area contributed by atoms with E-state index in [1.807, 2.05) is 30.3 Å². The van der Waals surface area contributed by atoms with Gasteiger partial charge in [-0.25, -0.2) is 19.3 Å². The van der Waals surface area contributed by atoms with Gasteiger partial charge in [0.2, 0.25) is 0 Å². The maximum absolute atomic E-state index is 13.8. The first-order chi connectivity index (χ1) is 13.2. The summed E-state index contributed by atoms with van der Waals surface area (Å²) in [6.07, 6.45) is 3.19. The number of amides is 1. The average molecular weight is 362 g/mol. The number of hydrogen-bond acceptors (Lipinski definition) is 5. The van der Waals surface area contributed by atoms with Gasteiger partial charge in [0.15, 0.2) is 17.3 Å². The number of benzene rings is 1. The highest BCUT2D eigenvalue weighted by molar-refractivity contribution is 5.93.